The monoisotopic (exact) mass is 225 g/mol. The van der Waals surface area contributed by atoms with E-state index in [0.29, 0.717) is 5.38 Å². The van der Waals surface area contributed by atoms with Gasteiger partial charge in [0.25, 0.3) is 0 Å². The summed E-state index contributed by atoms with van der Waals surface area (Å²) in [5.74, 6) is 0.987. The zero-order valence-corrected chi connectivity index (χ0v) is 9.74. The standard InChI is InChI=1S/C11H16ClN3/c1-9-7-11(14-13-8-9)15-5-2-3-10(12)4-6-15/h7-8,10H,2-6H2,1H3. The summed E-state index contributed by atoms with van der Waals surface area (Å²) in [6.07, 6.45) is 5.07. The molecule has 1 aliphatic heterocycles. The smallest absolute Gasteiger partial charge is 0.151 e. The maximum Gasteiger partial charge on any atom is 0.151 e. The van der Waals surface area contributed by atoms with Crippen molar-refractivity contribution < 1.29 is 0 Å². The van der Waals surface area contributed by atoms with E-state index in [1.54, 1.807) is 6.20 Å². The SMILES string of the molecule is Cc1cnnc(N2CCCC(Cl)CC2)c1. The first-order valence-electron chi connectivity index (χ1n) is 5.44. The van der Waals surface area contributed by atoms with Crippen molar-refractivity contribution in [1.29, 1.82) is 0 Å². The molecular weight excluding hydrogens is 210 g/mol. The lowest BCUT2D eigenvalue weighted by atomic mass is 10.2. The predicted octanol–water partition coefficient (Wildman–Crippen LogP) is 2.38. The summed E-state index contributed by atoms with van der Waals surface area (Å²) >= 11 is 6.14. The Morgan fingerprint density at radius 1 is 1.40 bits per heavy atom. The number of nitrogens with zero attached hydrogens (tertiary/aromatic N) is 3. The van der Waals surface area contributed by atoms with Gasteiger partial charge in [0.15, 0.2) is 5.82 Å². The number of halogens is 1. The number of hydrogen-bond donors (Lipinski definition) is 0. The van der Waals surface area contributed by atoms with Crippen molar-refractivity contribution in [3.05, 3.63) is 17.8 Å². The maximum absolute atomic E-state index is 6.14. The highest BCUT2D eigenvalue weighted by atomic mass is 35.5. The van der Waals surface area contributed by atoms with Gasteiger partial charge >= 0.3 is 0 Å². The summed E-state index contributed by atoms with van der Waals surface area (Å²) in [7, 11) is 0. The van der Waals surface area contributed by atoms with Gasteiger partial charge in [0.1, 0.15) is 0 Å². The van der Waals surface area contributed by atoms with Crippen molar-refractivity contribution in [3.63, 3.8) is 0 Å². The first-order valence-corrected chi connectivity index (χ1v) is 5.88. The van der Waals surface area contributed by atoms with Gasteiger partial charge in [-0.25, -0.2) is 0 Å². The summed E-state index contributed by atoms with van der Waals surface area (Å²) in [4.78, 5) is 2.28. The Balaban J connectivity index is 2.09. The molecule has 1 fully saturated rings. The third kappa shape index (κ3) is 2.81. The van der Waals surface area contributed by atoms with Crippen LogP contribution < -0.4 is 4.90 Å². The molecule has 0 saturated carbocycles. The molecule has 15 heavy (non-hydrogen) atoms. The van der Waals surface area contributed by atoms with Gasteiger partial charge in [-0.3, -0.25) is 0 Å². The van der Waals surface area contributed by atoms with Crippen LogP contribution in [0.3, 0.4) is 0 Å². The van der Waals surface area contributed by atoms with Gasteiger partial charge < -0.3 is 4.90 Å². The van der Waals surface area contributed by atoms with Crippen LogP contribution in [-0.4, -0.2) is 28.7 Å². The molecule has 2 rings (SSSR count). The van der Waals surface area contributed by atoms with Gasteiger partial charge in [-0.2, -0.15) is 5.10 Å². The first-order chi connectivity index (χ1) is 7.25. The molecule has 1 saturated heterocycles. The molecule has 0 amide bonds. The molecule has 0 radical (unpaired) electrons. The predicted molar refractivity (Wildman–Crippen MR) is 62.5 cm³/mol. The van der Waals surface area contributed by atoms with E-state index in [2.05, 4.69) is 21.2 Å². The quantitative estimate of drug-likeness (QED) is 0.688. The van der Waals surface area contributed by atoms with Crippen molar-refractivity contribution in [2.24, 2.45) is 0 Å². The first kappa shape index (κ1) is 10.7. The van der Waals surface area contributed by atoms with E-state index >= 15 is 0 Å². The maximum atomic E-state index is 6.14. The molecule has 0 aliphatic carbocycles. The largest absolute Gasteiger partial charge is 0.355 e. The molecule has 3 nitrogen and oxygen atoms in total. The Bertz CT molecular complexity index is 329. The number of aromatic nitrogens is 2. The van der Waals surface area contributed by atoms with Gasteiger partial charge in [-0.1, -0.05) is 0 Å². The van der Waals surface area contributed by atoms with Crippen molar-refractivity contribution >= 4 is 17.4 Å². The highest BCUT2D eigenvalue weighted by Gasteiger charge is 2.16. The Kier molecular flexibility index (Phi) is 3.41. The molecular formula is C11H16ClN3. The molecule has 1 aromatic heterocycles. The minimum atomic E-state index is 0.327. The van der Waals surface area contributed by atoms with Crippen LogP contribution in [0.2, 0.25) is 0 Å². The van der Waals surface area contributed by atoms with Crippen LogP contribution in [0.1, 0.15) is 24.8 Å². The third-order valence-electron chi connectivity index (χ3n) is 2.76. The van der Waals surface area contributed by atoms with E-state index in [1.165, 1.54) is 0 Å². The fraction of sp³-hybridized carbons (Fsp3) is 0.636. The summed E-state index contributed by atoms with van der Waals surface area (Å²) in [5.41, 5.74) is 1.16. The minimum Gasteiger partial charge on any atom is -0.355 e. The molecule has 1 aromatic rings. The van der Waals surface area contributed by atoms with E-state index in [9.17, 15) is 0 Å². The van der Waals surface area contributed by atoms with Crippen molar-refractivity contribution in [1.82, 2.24) is 10.2 Å². The molecule has 82 valence electrons. The Morgan fingerprint density at radius 3 is 3.07 bits per heavy atom. The molecule has 2 heterocycles. The lowest BCUT2D eigenvalue weighted by molar-refractivity contribution is 0.735. The second-order valence-electron chi connectivity index (χ2n) is 4.11. The number of rotatable bonds is 1. The Morgan fingerprint density at radius 2 is 2.27 bits per heavy atom. The van der Waals surface area contributed by atoms with E-state index < -0.39 is 0 Å². The summed E-state index contributed by atoms with van der Waals surface area (Å²) in [6.45, 7) is 4.08. The van der Waals surface area contributed by atoms with E-state index in [-0.39, 0.29) is 0 Å². The molecule has 0 aromatic carbocycles. The van der Waals surface area contributed by atoms with Gasteiger partial charge in [0.2, 0.25) is 0 Å². The highest BCUT2D eigenvalue weighted by Crippen LogP contribution is 2.20. The van der Waals surface area contributed by atoms with Crippen LogP contribution in [0.5, 0.6) is 0 Å². The molecule has 1 aliphatic rings. The van der Waals surface area contributed by atoms with Crippen LogP contribution >= 0.6 is 11.6 Å². The van der Waals surface area contributed by atoms with Crippen LogP contribution in [0, 0.1) is 6.92 Å². The Hall–Kier alpha value is -0.830. The average Bonchev–Trinajstić information content (AvgIpc) is 2.43. The zero-order chi connectivity index (χ0) is 10.7. The topological polar surface area (TPSA) is 29.0 Å². The van der Waals surface area contributed by atoms with Crippen molar-refractivity contribution in [2.45, 2.75) is 31.6 Å². The van der Waals surface area contributed by atoms with E-state index in [0.717, 1.165) is 43.7 Å². The van der Waals surface area contributed by atoms with Crippen molar-refractivity contribution in [2.75, 3.05) is 18.0 Å². The van der Waals surface area contributed by atoms with Gasteiger partial charge in [-0.15, -0.1) is 16.7 Å². The van der Waals surface area contributed by atoms with Crippen LogP contribution in [-0.2, 0) is 0 Å². The lowest BCUT2D eigenvalue weighted by Crippen LogP contribution is -2.25. The fourth-order valence-corrected chi connectivity index (χ4v) is 2.14. The summed E-state index contributed by atoms with van der Waals surface area (Å²) < 4.78 is 0. The molecule has 1 atom stereocenters. The third-order valence-corrected chi connectivity index (χ3v) is 3.20. The second kappa shape index (κ2) is 4.79. The molecule has 4 heteroatoms. The van der Waals surface area contributed by atoms with Crippen LogP contribution in [0.25, 0.3) is 0 Å². The van der Waals surface area contributed by atoms with Crippen LogP contribution in [0.15, 0.2) is 12.3 Å². The van der Waals surface area contributed by atoms with E-state index in [4.69, 9.17) is 11.6 Å². The Labute approximate surface area is 95.5 Å². The van der Waals surface area contributed by atoms with E-state index in [1.807, 2.05) is 6.92 Å². The van der Waals surface area contributed by atoms with Crippen LogP contribution in [0.4, 0.5) is 5.82 Å². The molecule has 1 unspecified atom stereocenters. The van der Waals surface area contributed by atoms with Gasteiger partial charge in [0.05, 0.1) is 6.20 Å². The average molecular weight is 226 g/mol. The molecule has 0 spiro atoms. The normalized spacial score (nSPS) is 22.5. The van der Waals surface area contributed by atoms with Gasteiger partial charge in [0, 0.05) is 18.5 Å². The number of anilines is 1. The number of aryl methyl sites for hydroxylation is 1. The molecule has 0 bridgehead atoms. The summed E-state index contributed by atoms with van der Waals surface area (Å²) in [5, 5.41) is 8.47. The highest BCUT2D eigenvalue weighted by molar-refractivity contribution is 6.20. The minimum absolute atomic E-state index is 0.327. The molecule has 0 N–H and O–H groups in total. The fourth-order valence-electron chi connectivity index (χ4n) is 1.89. The lowest BCUT2D eigenvalue weighted by Gasteiger charge is -2.20. The number of alkyl halides is 1. The zero-order valence-electron chi connectivity index (χ0n) is 8.99. The van der Waals surface area contributed by atoms with Crippen molar-refractivity contribution in [3.8, 4) is 0 Å². The number of hydrogen-bond acceptors (Lipinski definition) is 3. The summed E-state index contributed by atoms with van der Waals surface area (Å²) in [6, 6.07) is 2.08. The second-order valence-corrected chi connectivity index (χ2v) is 4.72. The van der Waals surface area contributed by atoms with Gasteiger partial charge in [-0.05, 0) is 37.8 Å².